The molecule has 2 aromatic heterocycles. The normalized spacial score (nSPS) is 15.3. The van der Waals surface area contributed by atoms with Crippen molar-refractivity contribution in [1.82, 2.24) is 14.8 Å². The molecule has 0 atom stereocenters. The first-order valence-electron chi connectivity index (χ1n) is 8.54. The molecule has 27 heavy (non-hydrogen) atoms. The molecule has 0 unspecified atom stereocenters. The van der Waals surface area contributed by atoms with Gasteiger partial charge < -0.3 is 13.7 Å². The van der Waals surface area contributed by atoms with Crippen LogP contribution in [-0.4, -0.2) is 46.9 Å². The van der Waals surface area contributed by atoms with Crippen LogP contribution >= 0.6 is 23.2 Å². The third-order valence-electron chi connectivity index (χ3n) is 4.44. The minimum Gasteiger partial charge on any atom is -0.459 e. The fraction of sp³-hybridized carbons (Fsp3) is 0.263. The van der Waals surface area contributed by atoms with E-state index in [2.05, 4.69) is 9.88 Å². The number of carbonyl (C=O) groups excluding carboxylic acids is 1. The summed E-state index contributed by atoms with van der Waals surface area (Å²) in [6.45, 7) is 3.47. The zero-order valence-electron chi connectivity index (χ0n) is 14.4. The van der Waals surface area contributed by atoms with Gasteiger partial charge in [0.05, 0.1) is 12.0 Å². The summed E-state index contributed by atoms with van der Waals surface area (Å²) in [5, 5.41) is 1.07. The molecule has 1 aliphatic heterocycles. The Morgan fingerprint density at radius 1 is 1.07 bits per heavy atom. The number of piperazine rings is 1. The number of hydrogen-bond donors (Lipinski definition) is 0. The molecule has 0 N–H and O–H groups in total. The summed E-state index contributed by atoms with van der Waals surface area (Å²) in [7, 11) is 0. The second kappa shape index (κ2) is 7.76. The molecule has 1 amide bonds. The molecule has 1 aliphatic rings. The highest BCUT2D eigenvalue weighted by atomic mass is 35.5. The van der Waals surface area contributed by atoms with Crippen molar-refractivity contribution < 1.29 is 13.6 Å². The lowest BCUT2D eigenvalue weighted by Crippen LogP contribution is -2.48. The molecule has 0 spiro atoms. The Hall–Kier alpha value is -2.28. The monoisotopic (exact) mass is 405 g/mol. The molecule has 8 heteroatoms. The molecule has 140 valence electrons. The van der Waals surface area contributed by atoms with Crippen molar-refractivity contribution in [3.05, 3.63) is 64.4 Å². The number of furan rings is 1. The van der Waals surface area contributed by atoms with Gasteiger partial charge in [0.1, 0.15) is 6.26 Å². The number of nitrogens with zero attached hydrogens (tertiary/aromatic N) is 3. The number of rotatable bonds is 4. The average molecular weight is 406 g/mol. The summed E-state index contributed by atoms with van der Waals surface area (Å²) >= 11 is 12.1. The van der Waals surface area contributed by atoms with Gasteiger partial charge in [0.15, 0.2) is 5.76 Å². The highest BCUT2D eigenvalue weighted by Crippen LogP contribution is 2.27. The summed E-state index contributed by atoms with van der Waals surface area (Å²) in [5.41, 5.74) is 1.57. The van der Waals surface area contributed by atoms with Gasteiger partial charge in [0, 0.05) is 48.3 Å². The second-order valence-electron chi connectivity index (χ2n) is 6.35. The molecule has 1 fully saturated rings. The van der Waals surface area contributed by atoms with Crippen molar-refractivity contribution in [2.45, 2.75) is 6.54 Å². The van der Waals surface area contributed by atoms with Gasteiger partial charge in [0.25, 0.3) is 5.91 Å². The Morgan fingerprint density at radius 2 is 1.81 bits per heavy atom. The van der Waals surface area contributed by atoms with E-state index in [4.69, 9.17) is 32.0 Å². The van der Waals surface area contributed by atoms with Gasteiger partial charge in [-0.25, -0.2) is 4.98 Å². The molecule has 1 saturated heterocycles. The van der Waals surface area contributed by atoms with Crippen molar-refractivity contribution in [1.29, 1.82) is 0 Å². The van der Waals surface area contributed by atoms with Crippen LogP contribution in [0.3, 0.4) is 0 Å². The highest BCUT2D eigenvalue weighted by molar-refractivity contribution is 6.35. The van der Waals surface area contributed by atoms with Gasteiger partial charge in [-0.05, 0) is 30.3 Å². The standard InChI is InChI=1S/C19H17Cl2N3O3/c20-14-8-13(9-15(21)10-14)18-22-16(12-27-18)11-23-3-5-24(6-4-23)19(25)17-2-1-7-26-17/h1-2,7-10,12H,3-6,11H2. The summed E-state index contributed by atoms with van der Waals surface area (Å²) < 4.78 is 10.8. The number of aromatic nitrogens is 1. The average Bonchev–Trinajstić information content (AvgIpc) is 3.33. The van der Waals surface area contributed by atoms with Gasteiger partial charge in [-0.2, -0.15) is 0 Å². The minimum absolute atomic E-state index is 0.0683. The van der Waals surface area contributed by atoms with Gasteiger partial charge in [-0.1, -0.05) is 23.2 Å². The molecule has 0 saturated carbocycles. The predicted molar refractivity (Wildman–Crippen MR) is 102 cm³/mol. The highest BCUT2D eigenvalue weighted by Gasteiger charge is 2.24. The molecule has 0 bridgehead atoms. The maximum atomic E-state index is 12.3. The van der Waals surface area contributed by atoms with E-state index in [0.717, 1.165) is 24.3 Å². The maximum Gasteiger partial charge on any atom is 0.289 e. The number of hydrogen-bond acceptors (Lipinski definition) is 5. The van der Waals surface area contributed by atoms with Crippen LogP contribution in [0, 0.1) is 0 Å². The molecular formula is C19H17Cl2N3O3. The Kier molecular flexibility index (Phi) is 5.20. The van der Waals surface area contributed by atoms with Gasteiger partial charge >= 0.3 is 0 Å². The number of oxazole rings is 1. The zero-order chi connectivity index (χ0) is 18.8. The van der Waals surface area contributed by atoms with E-state index >= 15 is 0 Å². The van der Waals surface area contributed by atoms with Crippen LogP contribution in [0.25, 0.3) is 11.5 Å². The van der Waals surface area contributed by atoms with E-state index < -0.39 is 0 Å². The Balaban J connectivity index is 1.36. The molecular weight excluding hydrogens is 389 g/mol. The van der Waals surface area contributed by atoms with Gasteiger partial charge in [0.2, 0.25) is 5.89 Å². The second-order valence-corrected chi connectivity index (χ2v) is 7.22. The van der Waals surface area contributed by atoms with E-state index in [1.54, 1.807) is 41.5 Å². The Labute approximate surface area is 166 Å². The molecule has 0 aliphatic carbocycles. The predicted octanol–water partition coefficient (Wildman–Crippen LogP) is 4.20. The molecule has 1 aromatic carbocycles. The van der Waals surface area contributed by atoms with Gasteiger partial charge in [-0.15, -0.1) is 0 Å². The minimum atomic E-state index is -0.0683. The maximum absolute atomic E-state index is 12.3. The van der Waals surface area contributed by atoms with E-state index in [9.17, 15) is 4.79 Å². The lowest BCUT2D eigenvalue weighted by atomic mass is 10.2. The Bertz CT molecular complexity index is 911. The number of carbonyl (C=O) groups is 1. The molecule has 6 nitrogen and oxygen atoms in total. The molecule has 3 heterocycles. The van der Waals surface area contributed by atoms with Crippen LogP contribution in [-0.2, 0) is 6.54 Å². The van der Waals surface area contributed by atoms with Crippen molar-refractivity contribution in [3.63, 3.8) is 0 Å². The van der Waals surface area contributed by atoms with Crippen LogP contribution in [0.15, 0.2) is 51.7 Å². The first-order valence-corrected chi connectivity index (χ1v) is 9.30. The zero-order valence-corrected chi connectivity index (χ0v) is 15.9. The van der Waals surface area contributed by atoms with Gasteiger partial charge in [-0.3, -0.25) is 9.69 Å². The Morgan fingerprint density at radius 3 is 2.48 bits per heavy atom. The third kappa shape index (κ3) is 4.18. The smallest absolute Gasteiger partial charge is 0.289 e. The first kappa shape index (κ1) is 18.1. The van der Waals surface area contributed by atoms with Crippen LogP contribution in [0.5, 0.6) is 0 Å². The largest absolute Gasteiger partial charge is 0.459 e. The van der Waals surface area contributed by atoms with Crippen LogP contribution in [0.1, 0.15) is 16.2 Å². The number of amides is 1. The number of benzene rings is 1. The van der Waals surface area contributed by atoms with Crippen LogP contribution in [0.4, 0.5) is 0 Å². The lowest BCUT2D eigenvalue weighted by molar-refractivity contribution is 0.0596. The summed E-state index contributed by atoms with van der Waals surface area (Å²) in [5.74, 6) is 0.798. The number of halogens is 2. The fourth-order valence-corrected chi connectivity index (χ4v) is 3.61. The SMILES string of the molecule is O=C(c1ccco1)N1CCN(Cc2coc(-c3cc(Cl)cc(Cl)c3)n2)CC1. The summed E-state index contributed by atoms with van der Waals surface area (Å²) in [6.07, 6.45) is 3.16. The quantitative estimate of drug-likeness (QED) is 0.650. The van der Waals surface area contributed by atoms with E-state index in [1.807, 2.05) is 0 Å². The van der Waals surface area contributed by atoms with Crippen molar-refractivity contribution >= 4 is 29.1 Å². The fourth-order valence-electron chi connectivity index (χ4n) is 3.08. The summed E-state index contributed by atoms with van der Waals surface area (Å²) in [4.78, 5) is 20.9. The van der Waals surface area contributed by atoms with Crippen LogP contribution in [0.2, 0.25) is 10.0 Å². The van der Waals surface area contributed by atoms with Crippen molar-refractivity contribution in [2.75, 3.05) is 26.2 Å². The van der Waals surface area contributed by atoms with Crippen LogP contribution < -0.4 is 0 Å². The molecule has 4 rings (SSSR count). The topological polar surface area (TPSA) is 62.7 Å². The molecule has 3 aromatic rings. The third-order valence-corrected chi connectivity index (χ3v) is 4.87. The lowest BCUT2D eigenvalue weighted by Gasteiger charge is -2.33. The van der Waals surface area contributed by atoms with Crippen molar-refractivity contribution in [3.8, 4) is 11.5 Å². The first-order chi connectivity index (χ1) is 13.1. The van der Waals surface area contributed by atoms with E-state index in [1.165, 1.54) is 6.26 Å². The van der Waals surface area contributed by atoms with E-state index in [0.29, 0.717) is 41.3 Å². The molecule has 0 radical (unpaired) electrons. The van der Waals surface area contributed by atoms with E-state index in [-0.39, 0.29) is 5.91 Å². The van der Waals surface area contributed by atoms with Crippen molar-refractivity contribution in [2.24, 2.45) is 0 Å². The summed E-state index contributed by atoms with van der Waals surface area (Å²) in [6, 6.07) is 8.61.